The summed E-state index contributed by atoms with van der Waals surface area (Å²) in [6.07, 6.45) is 6.68. The van der Waals surface area contributed by atoms with Crippen LogP contribution in [0.25, 0.3) is 0 Å². The molecule has 0 radical (unpaired) electrons. The molecule has 0 saturated carbocycles. The summed E-state index contributed by atoms with van der Waals surface area (Å²) >= 11 is 0. The minimum absolute atomic E-state index is 0.773. The van der Waals surface area contributed by atoms with E-state index < -0.39 is 0 Å². The minimum Gasteiger partial charge on any atom is -0.371 e. The van der Waals surface area contributed by atoms with Crippen LogP contribution >= 0.6 is 0 Å². The van der Waals surface area contributed by atoms with Crippen LogP contribution in [0.4, 0.5) is 0 Å². The molecule has 0 aromatic rings. The first-order chi connectivity index (χ1) is 7.24. The topological polar surface area (TPSA) is 36.4 Å². The standard InChI is InChI=1S/C12H23N3/c1-4-14-15-12-11(6-5-9-13-12)8-7-10(2)3/h4,10,13,15H,5-9H2,1-3H3/b14-4+. The Morgan fingerprint density at radius 3 is 3.00 bits per heavy atom. The molecule has 86 valence electrons. The van der Waals surface area contributed by atoms with Gasteiger partial charge in [0.1, 0.15) is 5.82 Å². The highest BCUT2D eigenvalue weighted by atomic mass is 15.3. The molecule has 0 atom stereocenters. The van der Waals surface area contributed by atoms with Crippen LogP contribution in [0.5, 0.6) is 0 Å². The highest BCUT2D eigenvalue weighted by Gasteiger charge is 2.11. The molecule has 0 saturated heterocycles. The van der Waals surface area contributed by atoms with Crippen molar-refractivity contribution >= 4 is 6.21 Å². The van der Waals surface area contributed by atoms with Crippen LogP contribution in [0.2, 0.25) is 0 Å². The molecule has 0 unspecified atom stereocenters. The molecule has 0 aliphatic carbocycles. The maximum Gasteiger partial charge on any atom is 0.118 e. The van der Waals surface area contributed by atoms with Crippen molar-refractivity contribution in [2.75, 3.05) is 6.54 Å². The molecule has 1 rings (SSSR count). The van der Waals surface area contributed by atoms with Crippen LogP contribution in [-0.2, 0) is 0 Å². The van der Waals surface area contributed by atoms with Gasteiger partial charge in [-0.3, -0.25) is 5.43 Å². The van der Waals surface area contributed by atoms with Gasteiger partial charge in [0.05, 0.1) is 0 Å². The van der Waals surface area contributed by atoms with Gasteiger partial charge in [0.15, 0.2) is 0 Å². The van der Waals surface area contributed by atoms with E-state index in [4.69, 9.17) is 0 Å². The van der Waals surface area contributed by atoms with Crippen molar-refractivity contribution in [3.63, 3.8) is 0 Å². The summed E-state index contributed by atoms with van der Waals surface area (Å²) in [4.78, 5) is 0. The van der Waals surface area contributed by atoms with E-state index in [2.05, 4.69) is 29.7 Å². The van der Waals surface area contributed by atoms with E-state index in [-0.39, 0.29) is 0 Å². The number of hydrogen-bond donors (Lipinski definition) is 2. The number of nitrogens with zero attached hydrogens (tertiary/aromatic N) is 1. The third-order valence-corrected chi connectivity index (χ3v) is 2.64. The summed E-state index contributed by atoms with van der Waals surface area (Å²) in [5.74, 6) is 1.91. The normalized spacial score (nSPS) is 17.3. The van der Waals surface area contributed by atoms with E-state index in [0.717, 1.165) is 18.3 Å². The van der Waals surface area contributed by atoms with Gasteiger partial charge >= 0.3 is 0 Å². The van der Waals surface area contributed by atoms with E-state index in [9.17, 15) is 0 Å². The fourth-order valence-electron chi connectivity index (χ4n) is 1.73. The first-order valence-electron chi connectivity index (χ1n) is 5.93. The smallest absolute Gasteiger partial charge is 0.118 e. The van der Waals surface area contributed by atoms with Gasteiger partial charge < -0.3 is 5.32 Å². The van der Waals surface area contributed by atoms with Gasteiger partial charge in [-0.25, -0.2) is 0 Å². The molecule has 0 bridgehead atoms. The van der Waals surface area contributed by atoms with Gasteiger partial charge in [0.25, 0.3) is 0 Å². The lowest BCUT2D eigenvalue weighted by atomic mass is 9.97. The van der Waals surface area contributed by atoms with E-state index in [1.807, 2.05) is 6.92 Å². The van der Waals surface area contributed by atoms with Crippen LogP contribution in [0, 0.1) is 5.92 Å². The van der Waals surface area contributed by atoms with Crippen molar-refractivity contribution in [1.29, 1.82) is 0 Å². The average molecular weight is 209 g/mol. The Morgan fingerprint density at radius 2 is 2.33 bits per heavy atom. The van der Waals surface area contributed by atoms with Crippen molar-refractivity contribution in [3.8, 4) is 0 Å². The lowest BCUT2D eigenvalue weighted by Crippen LogP contribution is -2.29. The number of rotatable bonds is 5. The van der Waals surface area contributed by atoms with Crippen LogP contribution in [0.15, 0.2) is 16.5 Å². The van der Waals surface area contributed by atoms with Gasteiger partial charge in [-0.2, -0.15) is 5.10 Å². The summed E-state index contributed by atoms with van der Waals surface area (Å²) in [6.45, 7) is 7.53. The largest absolute Gasteiger partial charge is 0.371 e. The van der Waals surface area contributed by atoms with Crippen LogP contribution < -0.4 is 10.7 Å². The zero-order valence-electron chi connectivity index (χ0n) is 10.1. The summed E-state index contributed by atoms with van der Waals surface area (Å²) in [7, 11) is 0. The van der Waals surface area contributed by atoms with Gasteiger partial charge in [-0.05, 0) is 44.1 Å². The van der Waals surface area contributed by atoms with Crippen LogP contribution in [0.3, 0.4) is 0 Å². The molecule has 2 N–H and O–H groups in total. The molecule has 0 aromatic heterocycles. The Bertz CT molecular complexity index is 241. The van der Waals surface area contributed by atoms with Crippen molar-refractivity contribution in [3.05, 3.63) is 11.4 Å². The average Bonchev–Trinajstić information content (AvgIpc) is 2.24. The number of nitrogens with one attached hydrogen (secondary N) is 2. The van der Waals surface area contributed by atoms with Gasteiger partial charge in [-0.1, -0.05) is 13.8 Å². The number of hydrazone groups is 1. The number of hydrogen-bond acceptors (Lipinski definition) is 3. The van der Waals surface area contributed by atoms with Crippen molar-refractivity contribution < 1.29 is 0 Å². The summed E-state index contributed by atoms with van der Waals surface area (Å²) in [6, 6.07) is 0. The first kappa shape index (κ1) is 12.1. The molecule has 3 heteroatoms. The maximum atomic E-state index is 4.08. The van der Waals surface area contributed by atoms with E-state index in [1.54, 1.807) is 6.21 Å². The minimum atomic E-state index is 0.773. The third-order valence-electron chi connectivity index (χ3n) is 2.64. The predicted octanol–water partition coefficient (Wildman–Crippen LogP) is 2.61. The zero-order valence-corrected chi connectivity index (χ0v) is 10.1. The Balaban J connectivity index is 2.55. The molecule has 0 aromatic carbocycles. The first-order valence-corrected chi connectivity index (χ1v) is 5.93. The molecule has 15 heavy (non-hydrogen) atoms. The molecule has 3 nitrogen and oxygen atoms in total. The van der Waals surface area contributed by atoms with Gasteiger partial charge in [0, 0.05) is 12.8 Å². The summed E-state index contributed by atoms with van der Waals surface area (Å²) < 4.78 is 0. The Kier molecular flexibility index (Phi) is 5.22. The zero-order chi connectivity index (χ0) is 11.1. The predicted molar refractivity (Wildman–Crippen MR) is 65.6 cm³/mol. The SMILES string of the molecule is C/C=N/NC1=C(CCC(C)C)CCCN1. The quantitative estimate of drug-likeness (QED) is 0.539. The van der Waals surface area contributed by atoms with Gasteiger partial charge in [-0.15, -0.1) is 0 Å². The highest BCUT2D eigenvalue weighted by Crippen LogP contribution is 2.20. The van der Waals surface area contributed by atoms with E-state index in [1.165, 1.54) is 31.3 Å². The molecule has 1 aliphatic heterocycles. The van der Waals surface area contributed by atoms with Crippen molar-refractivity contribution in [1.82, 2.24) is 10.7 Å². The van der Waals surface area contributed by atoms with Crippen molar-refractivity contribution in [2.45, 2.75) is 46.5 Å². The van der Waals surface area contributed by atoms with Crippen LogP contribution in [0.1, 0.15) is 46.5 Å². The second-order valence-corrected chi connectivity index (χ2v) is 4.44. The lowest BCUT2D eigenvalue weighted by molar-refractivity contribution is 0.537. The molecule has 0 amide bonds. The second kappa shape index (κ2) is 6.49. The lowest BCUT2D eigenvalue weighted by Gasteiger charge is -2.22. The highest BCUT2D eigenvalue weighted by molar-refractivity contribution is 5.52. The molecule has 1 heterocycles. The van der Waals surface area contributed by atoms with E-state index in [0.29, 0.717) is 0 Å². The Morgan fingerprint density at radius 1 is 1.53 bits per heavy atom. The fourth-order valence-corrected chi connectivity index (χ4v) is 1.73. The second-order valence-electron chi connectivity index (χ2n) is 4.44. The van der Waals surface area contributed by atoms with Gasteiger partial charge in [0.2, 0.25) is 0 Å². The van der Waals surface area contributed by atoms with Crippen molar-refractivity contribution in [2.24, 2.45) is 11.0 Å². The van der Waals surface area contributed by atoms with Crippen LogP contribution in [-0.4, -0.2) is 12.8 Å². The maximum absolute atomic E-state index is 4.08. The fraction of sp³-hybridized carbons (Fsp3) is 0.750. The van der Waals surface area contributed by atoms with E-state index >= 15 is 0 Å². The molecular formula is C12H23N3. The molecule has 1 aliphatic rings. The number of allylic oxidation sites excluding steroid dienone is 1. The molecule has 0 fully saturated rings. The Hall–Kier alpha value is -0.990. The Labute approximate surface area is 93.0 Å². The third kappa shape index (κ3) is 4.36. The monoisotopic (exact) mass is 209 g/mol. The molecule has 0 spiro atoms. The molecular weight excluding hydrogens is 186 g/mol. The summed E-state index contributed by atoms with van der Waals surface area (Å²) in [5, 5.41) is 7.46. The summed E-state index contributed by atoms with van der Waals surface area (Å²) in [5.41, 5.74) is 4.58.